The minimum absolute atomic E-state index is 0.0237. The summed E-state index contributed by atoms with van der Waals surface area (Å²) in [5.41, 5.74) is 0.871. The van der Waals surface area contributed by atoms with E-state index in [1.54, 1.807) is 36.4 Å². The lowest BCUT2D eigenvalue weighted by molar-refractivity contribution is -0.140. The van der Waals surface area contributed by atoms with Crippen molar-refractivity contribution >= 4 is 52.0 Å². The van der Waals surface area contributed by atoms with Crippen LogP contribution in [0.3, 0.4) is 0 Å². The number of thiophene rings is 1. The Morgan fingerprint density at radius 3 is 2.45 bits per heavy atom. The van der Waals surface area contributed by atoms with Gasteiger partial charge in [-0.2, -0.15) is 0 Å². The van der Waals surface area contributed by atoms with E-state index in [4.69, 9.17) is 27.9 Å². The fourth-order valence-electron chi connectivity index (χ4n) is 3.62. The summed E-state index contributed by atoms with van der Waals surface area (Å²) in [7, 11) is 1.45. The number of hydrogen-bond donors (Lipinski definition) is 1. The second-order valence-electron chi connectivity index (χ2n) is 6.90. The molecule has 1 aromatic heterocycles. The standard InChI is InChI=1S/C23H17Cl2NO4S/c1-30-18-9-8-15(25)11-17(18)21(27)19-20(13-4-6-14(24)7-5-13)26(23(29)22(19)28)12-16-3-2-10-31-16/h2-11,20,27H,12H2,1H3/b21-19+. The number of hydrogen-bond acceptors (Lipinski definition) is 5. The summed E-state index contributed by atoms with van der Waals surface area (Å²) < 4.78 is 5.33. The SMILES string of the molecule is COc1ccc(Cl)cc1/C(O)=C1\C(=O)C(=O)N(Cc2cccs2)C1c1ccc(Cl)cc1. The zero-order valence-electron chi connectivity index (χ0n) is 16.3. The van der Waals surface area contributed by atoms with Crippen molar-refractivity contribution in [3.8, 4) is 5.75 Å². The number of aliphatic hydroxyl groups is 1. The monoisotopic (exact) mass is 473 g/mol. The van der Waals surface area contributed by atoms with Crippen molar-refractivity contribution in [1.29, 1.82) is 0 Å². The molecule has 158 valence electrons. The van der Waals surface area contributed by atoms with Crippen molar-refractivity contribution in [3.63, 3.8) is 0 Å². The second-order valence-corrected chi connectivity index (χ2v) is 8.81. The smallest absolute Gasteiger partial charge is 0.295 e. The third kappa shape index (κ3) is 4.06. The van der Waals surface area contributed by atoms with Crippen LogP contribution in [0, 0.1) is 0 Å². The van der Waals surface area contributed by atoms with Crippen molar-refractivity contribution in [3.05, 3.63) is 91.6 Å². The summed E-state index contributed by atoms with van der Waals surface area (Å²) in [5.74, 6) is -1.46. The van der Waals surface area contributed by atoms with E-state index in [1.807, 2.05) is 17.5 Å². The molecule has 1 amide bonds. The number of likely N-dealkylation sites (tertiary alicyclic amines) is 1. The van der Waals surface area contributed by atoms with E-state index in [2.05, 4.69) is 0 Å². The van der Waals surface area contributed by atoms with Crippen LogP contribution >= 0.6 is 34.5 Å². The minimum Gasteiger partial charge on any atom is -0.507 e. The molecule has 1 unspecified atom stereocenters. The Kier molecular flexibility index (Phi) is 6.05. The van der Waals surface area contributed by atoms with Crippen LogP contribution in [0.2, 0.25) is 10.0 Å². The van der Waals surface area contributed by atoms with Gasteiger partial charge in [0.25, 0.3) is 11.7 Å². The summed E-state index contributed by atoms with van der Waals surface area (Å²) in [6.45, 7) is 0.235. The van der Waals surface area contributed by atoms with Crippen LogP contribution in [-0.4, -0.2) is 28.8 Å². The second kappa shape index (κ2) is 8.75. The van der Waals surface area contributed by atoms with Crippen molar-refractivity contribution in [2.24, 2.45) is 0 Å². The summed E-state index contributed by atoms with van der Waals surface area (Å²) in [6.07, 6.45) is 0. The highest BCUT2D eigenvalue weighted by Gasteiger charge is 2.46. The molecule has 8 heteroatoms. The van der Waals surface area contributed by atoms with E-state index in [-0.39, 0.29) is 23.4 Å². The van der Waals surface area contributed by atoms with E-state index in [1.165, 1.54) is 29.4 Å². The molecule has 4 rings (SSSR count). The van der Waals surface area contributed by atoms with Crippen LogP contribution in [-0.2, 0) is 16.1 Å². The summed E-state index contributed by atoms with van der Waals surface area (Å²) in [5, 5.41) is 14.0. The molecule has 2 aromatic carbocycles. The number of ketones is 1. The van der Waals surface area contributed by atoms with E-state index >= 15 is 0 Å². The summed E-state index contributed by atoms with van der Waals surface area (Å²) >= 11 is 13.6. The molecule has 0 radical (unpaired) electrons. The average Bonchev–Trinajstić information content (AvgIpc) is 3.36. The third-order valence-corrected chi connectivity index (χ3v) is 6.40. The highest BCUT2D eigenvalue weighted by Crippen LogP contribution is 2.42. The number of aliphatic hydroxyl groups excluding tert-OH is 1. The van der Waals surface area contributed by atoms with Crippen molar-refractivity contribution in [2.75, 3.05) is 7.11 Å². The van der Waals surface area contributed by atoms with Crippen LogP contribution in [0.15, 0.2) is 65.6 Å². The predicted molar refractivity (Wildman–Crippen MR) is 122 cm³/mol. The lowest BCUT2D eigenvalue weighted by atomic mass is 9.95. The van der Waals surface area contributed by atoms with Gasteiger partial charge in [-0.3, -0.25) is 9.59 Å². The molecule has 1 aliphatic rings. The Morgan fingerprint density at radius 1 is 1.10 bits per heavy atom. The first kappa shape index (κ1) is 21.4. The van der Waals surface area contributed by atoms with Gasteiger partial charge >= 0.3 is 0 Å². The molecule has 0 saturated carbocycles. The minimum atomic E-state index is -0.789. The molecule has 1 N–H and O–H groups in total. The number of carbonyl (C=O) groups is 2. The van der Waals surface area contributed by atoms with Crippen LogP contribution in [0.4, 0.5) is 0 Å². The number of Topliss-reactive ketones (excluding diaryl/α,β-unsaturated/α-hetero) is 1. The topological polar surface area (TPSA) is 66.8 Å². The number of halogens is 2. The number of methoxy groups -OCH3 is 1. The molecular formula is C23H17Cl2NO4S. The van der Waals surface area contributed by atoms with Gasteiger partial charge in [0.2, 0.25) is 0 Å². The Balaban J connectivity index is 1.91. The zero-order chi connectivity index (χ0) is 22.1. The first-order chi connectivity index (χ1) is 14.9. The molecule has 0 spiro atoms. The summed E-state index contributed by atoms with van der Waals surface area (Å²) in [6, 6.07) is 14.5. The van der Waals surface area contributed by atoms with Gasteiger partial charge in [-0.1, -0.05) is 41.4 Å². The lowest BCUT2D eigenvalue weighted by Gasteiger charge is -2.25. The number of carbonyl (C=O) groups excluding carboxylic acids is 2. The van der Waals surface area contributed by atoms with Crippen LogP contribution in [0.5, 0.6) is 5.75 Å². The number of nitrogens with zero attached hydrogens (tertiary/aromatic N) is 1. The fraction of sp³-hybridized carbons (Fsp3) is 0.130. The molecule has 0 bridgehead atoms. The van der Waals surface area contributed by atoms with Crippen molar-refractivity contribution < 1.29 is 19.4 Å². The van der Waals surface area contributed by atoms with Gasteiger partial charge in [-0.15, -0.1) is 11.3 Å². The number of ether oxygens (including phenoxy) is 1. The Morgan fingerprint density at radius 2 is 1.81 bits per heavy atom. The average molecular weight is 474 g/mol. The molecular weight excluding hydrogens is 457 g/mol. The Labute approximate surface area is 193 Å². The van der Waals surface area contributed by atoms with Gasteiger partial charge in [0.15, 0.2) is 0 Å². The first-order valence-corrected chi connectivity index (χ1v) is 10.9. The molecule has 1 fully saturated rings. The van der Waals surface area contributed by atoms with Crippen LogP contribution in [0.1, 0.15) is 22.0 Å². The van der Waals surface area contributed by atoms with Gasteiger partial charge in [0.1, 0.15) is 11.5 Å². The molecule has 1 saturated heterocycles. The zero-order valence-corrected chi connectivity index (χ0v) is 18.7. The highest BCUT2D eigenvalue weighted by atomic mass is 35.5. The lowest BCUT2D eigenvalue weighted by Crippen LogP contribution is -2.28. The highest BCUT2D eigenvalue weighted by molar-refractivity contribution is 7.09. The quantitative estimate of drug-likeness (QED) is 0.293. The number of benzene rings is 2. The molecule has 1 atom stereocenters. The number of amides is 1. The van der Waals surface area contributed by atoms with Crippen molar-refractivity contribution in [1.82, 2.24) is 4.90 Å². The molecule has 1 aliphatic heterocycles. The fourth-order valence-corrected chi connectivity index (χ4v) is 4.62. The van der Waals surface area contributed by atoms with E-state index in [0.717, 1.165) is 4.88 Å². The Hall–Kier alpha value is -2.80. The maximum Gasteiger partial charge on any atom is 0.295 e. The maximum absolute atomic E-state index is 13.1. The van der Waals surface area contributed by atoms with E-state index in [9.17, 15) is 14.7 Å². The van der Waals surface area contributed by atoms with Gasteiger partial charge < -0.3 is 14.7 Å². The normalized spacial score (nSPS) is 17.9. The third-order valence-electron chi connectivity index (χ3n) is 5.05. The molecule has 0 aliphatic carbocycles. The molecule has 3 aromatic rings. The molecule has 5 nitrogen and oxygen atoms in total. The largest absolute Gasteiger partial charge is 0.507 e. The van der Waals surface area contributed by atoms with Gasteiger partial charge in [-0.25, -0.2) is 0 Å². The van der Waals surface area contributed by atoms with Crippen LogP contribution in [0.25, 0.3) is 5.76 Å². The van der Waals surface area contributed by atoms with E-state index in [0.29, 0.717) is 21.4 Å². The van der Waals surface area contributed by atoms with Gasteiger partial charge in [0, 0.05) is 14.9 Å². The predicted octanol–water partition coefficient (Wildman–Crippen LogP) is 5.69. The van der Waals surface area contributed by atoms with Crippen molar-refractivity contribution in [2.45, 2.75) is 12.6 Å². The van der Waals surface area contributed by atoms with Gasteiger partial charge in [0.05, 0.1) is 30.8 Å². The molecule has 2 heterocycles. The van der Waals surface area contributed by atoms with E-state index < -0.39 is 17.7 Å². The number of rotatable bonds is 5. The summed E-state index contributed by atoms with van der Waals surface area (Å²) in [4.78, 5) is 28.5. The van der Waals surface area contributed by atoms with Gasteiger partial charge in [-0.05, 0) is 47.3 Å². The first-order valence-electron chi connectivity index (χ1n) is 9.31. The van der Waals surface area contributed by atoms with Crippen LogP contribution < -0.4 is 4.74 Å². The molecule has 31 heavy (non-hydrogen) atoms. The maximum atomic E-state index is 13.1. The Bertz CT molecular complexity index is 1170.